The quantitative estimate of drug-likeness (QED) is 0.653. The van der Waals surface area contributed by atoms with Crippen LogP contribution in [0.25, 0.3) is 0 Å². The molecule has 1 N–H and O–H groups in total. The highest BCUT2D eigenvalue weighted by molar-refractivity contribution is 6.00. The minimum absolute atomic E-state index is 0.205. The number of carbonyl (C=O) groups excluding carboxylic acids is 1. The van der Waals surface area contributed by atoms with E-state index in [1.807, 2.05) is 19.9 Å². The number of nitrogens with zero attached hydrogens (tertiary/aromatic N) is 4. The van der Waals surface area contributed by atoms with E-state index in [1.165, 1.54) is 0 Å². The minimum Gasteiger partial charge on any atom is -0.310 e. The van der Waals surface area contributed by atoms with Crippen molar-refractivity contribution >= 4 is 18.5 Å². The maximum atomic E-state index is 12.7. The Labute approximate surface area is 159 Å². The van der Waals surface area contributed by atoms with Gasteiger partial charge < -0.3 is 5.32 Å². The van der Waals surface area contributed by atoms with Gasteiger partial charge in [0.05, 0.1) is 17.6 Å². The Morgan fingerprint density at radius 3 is 2.44 bits per heavy atom. The number of pyridine rings is 1. The van der Waals surface area contributed by atoms with Gasteiger partial charge in [0, 0.05) is 6.20 Å². The summed E-state index contributed by atoms with van der Waals surface area (Å²) < 4.78 is 0. The van der Waals surface area contributed by atoms with Gasteiger partial charge in [0.2, 0.25) is 5.91 Å². The number of nitrogens with one attached hydrogen (secondary N) is 1. The van der Waals surface area contributed by atoms with E-state index in [2.05, 4.69) is 33.1 Å². The van der Waals surface area contributed by atoms with Gasteiger partial charge in [0.15, 0.2) is 5.84 Å². The lowest BCUT2D eigenvalue weighted by molar-refractivity contribution is -0.121. The van der Waals surface area contributed by atoms with Crippen LogP contribution in [0.3, 0.4) is 0 Å². The number of rotatable bonds is 5. The van der Waals surface area contributed by atoms with Crippen LogP contribution in [0.15, 0.2) is 70.0 Å². The molecular formula is C21H21N5O. The molecule has 0 radical (unpaired) electrons. The van der Waals surface area contributed by atoms with E-state index in [1.54, 1.807) is 49.5 Å². The lowest BCUT2D eigenvalue weighted by Crippen LogP contribution is -2.28. The van der Waals surface area contributed by atoms with Gasteiger partial charge >= 0.3 is 0 Å². The summed E-state index contributed by atoms with van der Waals surface area (Å²) in [5.41, 5.74) is 2.77. The van der Waals surface area contributed by atoms with Crippen molar-refractivity contribution < 1.29 is 4.79 Å². The van der Waals surface area contributed by atoms with Crippen LogP contribution in [-0.4, -0.2) is 23.4 Å². The molecule has 27 heavy (non-hydrogen) atoms. The van der Waals surface area contributed by atoms with Gasteiger partial charge in [-0.3, -0.25) is 9.78 Å². The fraction of sp³-hybridized carbons (Fsp3) is 0.190. The van der Waals surface area contributed by atoms with Gasteiger partial charge in [-0.05, 0) is 62.9 Å². The number of aromatic nitrogens is 1. The van der Waals surface area contributed by atoms with Gasteiger partial charge in [-0.15, -0.1) is 0 Å². The molecule has 1 aromatic carbocycles. The number of amides is 1. The third-order valence-corrected chi connectivity index (χ3v) is 3.91. The van der Waals surface area contributed by atoms with Crippen LogP contribution in [0.2, 0.25) is 0 Å². The zero-order valence-electron chi connectivity index (χ0n) is 15.6. The van der Waals surface area contributed by atoms with Crippen molar-refractivity contribution in [3.05, 3.63) is 76.9 Å². The summed E-state index contributed by atoms with van der Waals surface area (Å²) in [6.45, 7) is 9.05. The lowest BCUT2D eigenvalue weighted by Gasteiger charge is -2.14. The summed E-state index contributed by atoms with van der Waals surface area (Å²) in [7, 11) is 0. The fourth-order valence-electron chi connectivity index (χ4n) is 2.26. The molecule has 0 saturated carbocycles. The molecule has 1 unspecified atom stereocenters. The van der Waals surface area contributed by atoms with Gasteiger partial charge in [-0.1, -0.05) is 18.2 Å². The van der Waals surface area contributed by atoms with Crippen LogP contribution in [0, 0.1) is 11.3 Å². The molecule has 0 aliphatic carbocycles. The Balaban J connectivity index is 2.24. The highest BCUT2D eigenvalue weighted by Gasteiger charge is 2.17. The molecule has 0 saturated heterocycles. The molecule has 0 bridgehead atoms. The Hall–Kier alpha value is -3.59. The third kappa shape index (κ3) is 5.19. The molecule has 0 aliphatic rings. The molecule has 2 aromatic rings. The van der Waals surface area contributed by atoms with E-state index in [0.717, 1.165) is 11.1 Å². The summed E-state index contributed by atoms with van der Waals surface area (Å²) in [6.07, 6.45) is 1.64. The van der Waals surface area contributed by atoms with E-state index in [-0.39, 0.29) is 5.91 Å². The number of amidine groups is 1. The largest absolute Gasteiger partial charge is 0.310 e. The Kier molecular flexibility index (Phi) is 6.73. The van der Waals surface area contributed by atoms with E-state index in [0.29, 0.717) is 22.9 Å². The van der Waals surface area contributed by atoms with Crippen LogP contribution < -0.4 is 5.32 Å². The average Bonchev–Trinajstić information content (AvgIpc) is 2.70. The van der Waals surface area contributed by atoms with Gasteiger partial charge in [0.1, 0.15) is 11.5 Å². The van der Waals surface area contributed by atoms with Crippen molar-refractivity contribution in [2.45, 2.75) is 26.7 Å². The predicted molar refractivity (Wildman–Crippen MR) is 106 cm³/mol. The van der Waals surface area contributed by atoms with Gasteiger partial charge in [-0.2, -0.15) is 5.26 Å². The van der Waals surface area contributed by atoms with E-state index >= 15 is 0 Å². The summed E-state index contributed by atoms with van der Waals surface area (Å²) in [5, 5.41) is 11.7. The Morgan fingerprint density at radius 1 is 1.22 bits per heavy atom. The van der Waals surface area contributed by atoms with Crippen molar-refractivity contribution in [1.82, 2.24) is 10.3 Å². The fourth-order valence-corrected chi connectivity index (χ4v) is 2.26. The van der Waals surface area contributed by atoms with Crippen LogP contribution >= 0.6 is 0 Å². The molecule has 1 heterocycles. The Morgan fingerprint density at radius 2 is 1.93 bits per heavy atom. The molecule has 1 aromatic heterocycles. The molecule has 1 amide bonds. The molecule has 0 fully saturated rings. The minimum atomic E-state index is -0.405. The van der Waals surface area contributed by atoms with Crippen LogP contribution in [0.4, 0.5) is 0 Å². The first kappa shape index (κ1) is 19.7. The van der Waals surface area contributed by atoms with Crippen molar-refractivity contribution in [3.8, 4) is 6.07 Å². The highest BCUT2D eigenvalue weighted by Crippen LogP contribution is 2.17. The summed E-state index contributed by atoms with van der Waals surface area (Å²) in [6, 6.07) is 14.4. The molecule has 2 rings (SSSR count). The first-order valence-corrected chi connectivity index (χ1v) is 8.41. The first-order chi connectivity index (χ1) is 13.0. The lowest BCUT2D eigenvalue weighted by atomic mass is 9.99. The second kappa shape index (κ2) is 9.20. The predicted octanol–water partition coefficient (Wildman–Crippen LogP) is 3.57. The number of carbonyl (C=O) groups is 1. The van der Waals surface area contributed by atoms with Crippen molar-refractivity contribution in [3.63, 3.8) is 0 Å². The zero-order chi connectivity index (χ0) is 19.8. The average molecular weight is 359 g/mol. The number of hydrogen-bond acceptors (Lipinski definition) is 4. The van der Waals surface area contributed by atoms with E-state index in [4.69, 9.17) is 5.26 Å². The zero-order valence-corrected chi connectivity index (χ0v) is 15.6. The van der Waals surface area contributed by atoms with Crippen molar-refractivity contribution in [1.29, 1.82) is 5.26 Å². The molecule has 6 nitrogen and oxygen atoms in total. The maximum absolute atomic E-state index is 12.7. The maximum Gasteiger partial charge on any atom is 0.232 e. The Bertz CT molecular complexity index is 917. The second-order valence-electron chi connectivity index (χ2n) is 6.10. The van der Waals surface area contributed by atoms with Gasteiger partial charge in [0.25, 0.3) is 0 Å². The van der Waals surface area contributed by atoms with Crippen LogP contribution in [0.1, 0.15) is 43.5 Å². The second-order valence-corrected chi connectivity index (χ2v) is 6.10. The van der Waals surface area contributed by atoms with Crippen LogP contribution in [0.5, 0.6) is 0 Å². The number of aliphatic imine (C=N–C) groups is 2. The molecular weight excluding hydrogens is 338 g/mol. The molecule has 1 atom stereocenters. The first-order valence-electron chi connectivity index (χ1n) is 8.41. The highest BCUT2D eigenvalue weighted by atomic mass is 16.2. The smallest absolute Gasteiger partial charge is 0.232 e. The number of benzene rings is 1. The third-order valence-electron chi connectivity index (χ3n) is 3.91. The SMILES string of the molecule is C=N/C(=N\C(NC(=O)C(C)c1ccc(C#N)cc1)=C(C)C)c1ccccn1. The number of allylic oxidation sites excluding steroid dienone is 1. The molecule has 0 spiro atoms. The normalized spacial score (nSPS) is 11.9. The summed E-state index contributed by atoms with van der Waals surface area (Å²) in [4.78, 5) is 25.3. The molecule has 6 heteroatoms. The number of hydrogen-bond donors (Lipinski definition) is 1. The number of nitriles is 1. The molecule has 0 aliphatic heterocycles. The summed E-state index contributed by atoms with van der Waals surface area (Å²) >= 11 is 0. The molecule has 136 valence electrons. The van der Waals surface area contributed by atoms with E-state index in [9.17, 15) is 4.79 Å². The summed E-state index contributed by atoms with van der Waals surface area (Å²) in [5.74, 6) is 0.132. The standard InChI is InChI=1S/C21H21N5O/c1-14(2)19(25-20(23-4)18-7-5-6-12-24-18)26-21(27)15(3)17-10-8-16(13-22)9-11-17/h5-12,15H,4H2,1-3H3,(H,26,27)/b25-20-. The van der Waals surface area contributed by atoms with E-state index < -0.39 is 5.92 Å². The van der Waals surface area contributed by atoms with Gasteiger partial charge in [-0.25, -0.2) is 9.98 Å². The van der Waals surface area contributed by atoms with Crippen molar-refractivity contribution in [2.24, 2.45) is 9.98 Å². The topological polar surface area (TPSA) is 90.5 Å². The van der Waals surface area contributed by atoms with Crippen LogP contribution in [-0.2, 0) is 4.79 Å². The van der Waals surface area contributed by atoms with Crippen molar-refractivity contribution in [2.75, 3.05) is 0 Å². The monoisotopic (exact) mass is 359 g/mol.